The van der Waals surface area contributed by atoms with Gasteiger partial charge in [0.25, 0.3) is 5.91 Å². The van der Waals surface area contributed by atoms with Gasteiger partial charge in [-0.25, -0.2) is 4.79 Å². The van der Waals surface area contributed by atoms with Gasteiger partial charge in [0.2, 0.25) is 5.91 Å². The number of nitrogens with one attached hydrogen (secondary N) is 2. The summed E-state index contributed by atoms with van der Waals surface area (Å²) >= 11 is 0. The molecule has 0 aliphatic carbocycles. The molecule has 51 heavy (non-hydrogen) atoms. The second-order valence-electron chi connectivity index (χ2n) is 12.1. The number of amides is 2. The van der Waals surface area contributed by atoms with Gasteiger partial charge in [0.1, 0.15) is 12.4 Å². The topological polar surface area (TPSA) is 129 Å². The van der Waals surface area contributed by atoms with Gasteiger partial charge in [0.15, 0.2) is 17.3 Å². The smallest absolute Gasteiger partial charge is 0.343 e. The van der Waals surface area contributed by atoms with Gasteiger partial charge in [-0.2, -0.15) is 0 Å². The van der Waals surface area contributed by atoms with Crippen molar-refractivity contribution in [2.75, 3.05) is 25.6 Å². The van der Waals surface area contributed by atoms with E-state index in [1.54, 1.807) is 60.7 Å². The molecule has 268 valence electrons. The first kappa shape index (κ1) is 38.3. The van der Waals surface area contributed by atoms with E-state index in [-0.39, 0.29) is 36.0 Å². The molecule has 0 bridgehead atoms. The van der Waals surface area contributed by atoms with Crippen LogP contribution in [0.5, 0.6) is 17.2 Å². The van der Waals surface area contributed by atoms with Crippen LogP contribution < -0.4 is 24.8 Å². The number of benzene rings is 4. The Morgan fingerprint density at radius 3 is 2.24 bits per heavy atom. The summed E-state index contributed by atoms with van der Waals surface area (Å²) in [4.78, 5) is 51.1. The number of carbonyl (C=O) groups is 4. The van der Waals surface area contributed by atoms with Crippen molar-refractivity contribution < 1.29 is 38.1 Å². The molecule has 0 saturated carbocycles. The molecule has 10 heteroatoms. The maximum absolute atomic E-state index is 13.2. The van der Waals surface area contributed by atoms with Crippen LogP contribution in [0.15, 0.2) is 97.1 Å². The van der Waals surface area contributed by atoms with Gasteiger partial charge in [-0.05, 0) is 85.5 Å². The highest BCUT2D eigenvalue weighted by molar-refractivity contribution is 5.99. The highest BCUT2D eigenvalue weighted by Crippen LogP contribution is 2.30. The number of unbranched alkanes of at least 4 members (excludes halogenated alkanes) is 4. The van der Waals surface area contributed by atoms with Gasteiger partial charge < -0.3 is 29.6 Å². The third-order valence-corrected chi connectivity index (χ3v) is 8.03. The zero-order chi connectivity index (χ0) is 36.4. The minimum atomic E-state index is -0.850. The third-order valence-electron chi connectivity index (χ3n) is 8.03. The zero-order valence-corrected chi connectivity index (χ0v) is 29.4. The van der Waals surface area contributed by atoms with E-state index in [2.05, 4.69) is 17.6 Å². The van der Waals surface area contributed by atoms with Gasteiger partial charge in [0, 0.05) is 11.3 Å². The van der Waals surface area contributed by atoms with Crippen LogP contribution >= 0.6 is 0 Å². The van der Waals surface area contributed by atoms with E-state index in [4.69, 9.17) is 18.9 Å². The summed E-state index contributed by atoms with van der Waals surface area (Å²) in [5, 5.41) is 5.52. The standard InChI is InChI=1S/C41H46N2O8/c1-4-5-6-7-11-23-50-35-20-18-32(19-21-35)41(47)51-37-22-17-31(25-38(37)48-3)24-36(29(2)44)43-40(46)33-15-12-16-34(26-33)42-39(45)28-49-27-30-13-9-8-10-14-30/h8-10,12-22,25-26,36H,4-7,11,23-24,27-28H2,1-3H3,(H,42,45)(H,43,46). The molecule has 0 fully saturated rings. The Kier molecular flexibility index (Phi) is 15.2. The van der Waals surface area contributed by atoms with E-state index in [1.165, 1.54) is 39.4 Å². The fourth-order valence-electron chi connectivity index (χ4n) is 5.21. The van der Waals surface area contributed by atoms with Crippen molar-refractivity contribution in [3.8, 4) is 17.2 Å². The van der Waals surface area contributed by atoms with Gasteiger partial charge >= 0.3 is 5.97 Å². The van der Waals surface area contributed by atoms with Gasteiger partial charge in [0.05, 0.1) is 31.9 Å². The molecule has 0 saturated heterocycles. The zero-order valence-electron chi connectivity index (χ0n) is 29.4. The number of hydrogen-bond acceptors (Lipinski definition) is 8. The number of hydrogen-bond donors (Lipinski definition) is 2. The predicted octanol–water partition coefficient (Wildman–Crippen LogP) is 7.35. The van der Waals surface area contributed by atoms with Gasteiger partial charge in [-0.3, -0.25) is 14.4 Å². The molecule has 0 aliphatic heterocycles. The largest absolute Gasteiger partial charge is 0.494 e. The van der Waals surface area contributed by atoms with Crippen LogP contribution in [0.2, 0.25) is 0 Å². The fourth-order valence-corrected chi connectivity index (χ4v) is 5.21. The van der Waals surface area contributed by atoms with Crippen molar-refractivity contribution in [1.82, 2.24) is 5.32 Å². The average Bonchev–Trinajstić information content (AvgIpc) is 3.14. The normalized spacial score (nSPS) is 11.3. The number of Topliss-reactive ketones (excluding diaryl/α,β-unsaturated/α-hetero) is 1. The van der Waals surface area contributed by atoms with E-state index in [1.807, 2.05) is 30.3 Å². The highest BCUT2D eigenvalue weighted by atomic mass is 16.6. The van der Waals surface area contributed by atoms with Crippen LogP contribution in [0.3, 0.4) is 0 Å². The molecule has 0 spiro atoms. The molecule has 0 aromatic heterocycles. The van der Waals surface area contributed by atoms with Crippen LogP contribution in [0.4, 0.5) is 5.69 Å². The van der Waals surface area contributed by atoms with Crippen LogP contribution in [-0.4, -0.2) is 49.9 Å². The Bertz CT molecular complexity index is 1740. The second kappa shape index (κ2) is 20.3. The van der Waals surface area contributed by atoms with Crippen molar-refractivity contribution in [2.45, 2.75) is 65.0 Å². The Labute approximate surface area is 299 Å². The number of ketones is 1. The Hall–Kier alpha value is -5.48. The average molecular weight is 695 g/mol. The number of methoxy groups -OCH3 is 1. The molecule has 4 aromatic carbocycles. The lowest BCUT2D eigenvalue weighted by molar-refractivity contribution is -0.121. The van der Waals surface area contributed by atoms with Crippen molar-refractivity contribution >= 4 is 29.3 Å². The molecule has 4 aromatic rings. The summed E-state index contributed by atoms with van der Waals surface area (Å²) in [6.45, 7) is 4.36. The van der Waals surface area contributed by atoms with E-state index < -0.39 is 17.9 Å². The van der Waals surface area contributed by atoms with Crippen LogP contribution in [0, 0.1) is 0 Å². The Morgan fingerprint density at radius 1 is 0.745 bits per heavy atom. The summed E-state index contributed by atoms with van der Waals surface area (Å²) in [6.07, 6.45) is 5.92. The summed E-state index contributed by atoms with van der Waals surface area (Å²) in [5.74, 6) is -0.441. The second-order valence-corrected chi connectivity index (χ2v) is 12.1. The van der Waals surface area contributed by atoms with E-state index in [0.29, 0.717) is 41.5 Å². The summed E-state index contributed by atoms with van der Waals surface area (Å²) in [6, 6.07) is 26.9. The fraction of sp³-hybridized carbons (Fsp3) is 0.317. The number of esters is 1. The molecule has 4 rings (SSSR count). The lowest BCUT2D eigenvalue weighted by Crippen LogP contribution is -2.41. The third kappa shape index (κ3) is 12.7. The first-order valence-electron chi connectivity index (χ1n) is 17.2. The van der Waals surface area contributed by atoms with Crippen molar-refractivity contribution in [2.24, 2.45) is 0 Å². The molecule has 1 atom stereocenters. The van der Waals surface area contributed by atoms with E-state index in [0.717, 1.165) is 18.4 Å². The highest BCUT2D eigenvalue weighted by Gasteiger charge is 2.21. The number of rotatable bonds is 20. The molecular weight excluding hydrogens is 648 g/mol. The van der Waals surface area contributed by atoms with Crippen molar-refractivity contribution in [3.63, 3.8) is 0 Å². The maximum Gasteiger partial charge on any atom is 0.343 e. The maximum atomic E-state index is 13.2. The summed E-state index contributed by atoms with van der Waals surface area (Å²) in [5.41, 5.74) is 2.68. The molecule has 0 heterocycles. The molecular formula is C41H46N2O8. The molecule has 10 nitrogen and oxygen atoms in total. The number of carbonyl (C=O) groups excluding carboxylic acids is 4. The molecule has 0 aliphatic rings. The molecule has 2 amide bonds. The van der Waals surface area contributed by atoms with E-state index >= 15 is 0 Å². The Morgan fingerprint density at radius 2 is 1.51 bits per heavy atom. The minimum absolute atomic E-state index is 0.152. The van der Waals surface area contributed by atoms with Crippen molar-refractivity contribution in [3.05, 3.63) is 119 Å². The first-order chi connectivity index (χ1) is 24.7. The number of ether oxygens (including phenoxy) is 4. The molecule has 1 unspecified atom stereocenters. The molecule has 0 radical (unpaired) electrons. The van der Waals surface area contributed by atoms with Crippen LogP contribution in [0.1, 0.15) is 77.8 Å². The quantitative estimate of drug-likeness (QED) is 0.0558. The summed E-state index contributed by atoms with van der Waals surface area (Å²) in [7, 11) is 1.45. The monoisotopic (exact) mass is 694 g/mol. The number of anilines is 1. The van der Waals surface area contributed by atoms with Crippen molar-refractivity contribution in [1.29, 1.82) is 0 Å². The Balaban J connectivity index is 1.30. The lowest BCUT2D eigenvalue weighted by atomic mass is 10.0. The van der Waals surface area contributed by atoms with Crippen LogP contribution in [0.25, 0.3) is 0 Å². The van der Waals surface area contributed by atoms with Gasteiger partial charge in [-0.1, -0.05) is 75.1 Å². The SMILES string of the molecule is CCCCCCCOc1ccc(C(=O)Oc2ccc(CC(NC(=O)c3cccc(NC(=O)COCc4ccccc4)c3)C(C)=O)cc2OC)cc1. The lowest BCUT2D eigenvalue weighted by Gasteiger charge is -2.18. The minimum Gasteiger partial charge on any atom is -0.494 e. The van der Waals surface area contributed by atoms with Crippen LogP contribution in [-0.2, 0) is 27.4 Å². The molecule has 2 N–H and O–H groups in total. The summed E-state index contributed by atoms with van der Waals surface area (Å²) < 4.78 is 22.4. The van der Waals surface area contributed by atoms with Gasteiger partial charge in [-0.15, -0.1) is 0 Å². The predicted molar refractivity (Wildman–Crippen MR) is 195 cm³/mol. The van der Waals surface area contributed by atoms with E-state index in [9.17, 15) is 19.2 Å². The first-order valence-corrected chi connectivity index (χ1v) is 17.2.